The molecule has 0 fully saturated rings. The van der Waals surface area contributed by atoms with Crippen molar-refractivity contribution in [1.82, 2.24) is 16.2 Å². The average molecular weight is 429 g/mol. The van der Waals surface area contributed by atoms with Crippen molar-refractivity contribution in [2.24, 2.45) is 0 Å². The summed E-state index contributed by atoms with van der Waals surface area (Å²) in [6.45, 7) is -0.285. The summed E-state index contributed by atoms with van der Waals surface area (Å²) in [5.41, 5.74) is 3.91. The van der Waals surface area contributed by atoms with Gasteiger partial charge in [0.25, 0.3) is 11.8 Å². The molecular formula is C18H18F3N3O4S. The highest BCUT2D eigenvalue weighted by molar-refractivity contribution is 7.08. The molecule has 0 spiro atoms. The molecular weight excluding hydrogens is 411 g/mol. The van der Waals surface area contributed by atoms with E-state index in [1.165, 1.54) is 17.4 Å². The van der Waals surface area contributed by atoms with Gasteiger partial charge < -0.3 is 10.1 Å². The molecule has 0 saturated heterocycles. The van der Waals surface area contributed by atoms with E-state index < -0.39 is 30.2 Å². The van der Waals surface area contributed by atoms with Crippen molar-refractivity contribution < 1.29 is 32.3 Å². The maximum atomic E-state index is 12.6. The second-order valence-corrected chi connectivity index (χ2v) is 6.56. The molecule has 0 saturated carbocycles. The molecule has 0 unspecified atom stereocenters. The van der Waals surface area contributed by atoms with Gasteiger partial charge in [-0.2, -0.15) is 24.5 Å². The largest absolute Gasteiger partial charge is 0.484 e. The fraction of sp³-hybridized carbons (Fsp3) is 0.278. The summed E-state index contributed by atoms with van der Waals surface area (Å²) in [5, 5.41) is 6.15. The lowest BCUT2D eigenvalue weighted by Crippen LogP contribution is -2.44. The molecule has 2 aromatic rings. The zero-order valence-electron chi connectivity index (χ0n) is 15.0. The molecule has 0 bridgehead atoms. The molecule has 7 nitrogen and oxygen atoms in total. The minimum absolute atomic E-state index is 0.0542. The Labute approximate surface area is 168 Å². The van der Waals surface area contributed by atoms with E-state index in [0.29, 0.717) is 12.0 Å². The number of benzene rings is 1. The van der Waals surface area contributed by atoms with Crippen molar-refractivity contribution in [3.63, 3.8) is 0 Å². The van der Waals surface area contributed by atoms with Gasteiger partial charge in [0, 0.05) is 23.9 Å². The van der Waals surface area contributed by atoms with Gasteiger partial charge in [-0.1, -0.05) is 6.07 Å². The molecule has 0 aliphatic rings. The highest BCUT2D eigenvalue weighted by Crippen LogP contribution is 2.31. The maximum absolute atomic E-state index is 12.6. The zero-order chi connectivity index (χ0) is 21.3. The topological polar surface area (TPSA) is 96.5 Å². The van der Waals surface area contributed by atoms with Gasteiger partial charge in [-0.15, -0.1) is 0 Å². The number of hydrogen-bond acceptors (Lipinski definition) is 5. The van der Waals surface area contributed by atoms with E-state index in [2.05, 4.69) is 16.2 Å². The third-order valence-electron chi connectivity index (χ3n) is 3.52. The molecule has 1 heterocycles. The van der Waals surface area contributed by atoms with Crippen LogP contribution in [0.3, 0.4) is 0 Å². The average Bonchev–Trinajstić information content (AvgIpc) is 3.22. The van der Waals surface area contributed by atoms with Crippen molar-refractivity contribution in [1.29, 1.82) is 0 Å². The standard InChI is InChI=1S/C18H18F3N3O4S/c19-18(20,21)13-3-1-4-14(9-13)28-10-16(26)24-23-15(25)5-2-7-22-17(27)12-6-8-29-11-12/h1,3-4,6,8-9,11H,2,5,7,10H2,(H,22,27)(H,23,25)(H,24,26). The summed E-state index contributed by atoms with van der Waals surface area (Å²) in [6, 6.07) is 5.79. The molecule has 0 radical (unpaired) electrons. The van der Waals surface area contributed by atoms with Crippen LogP contribution in [0.15, 0.2) is 41.1 Å². The van der Waals surface area contributed by atoms with E-state index in [1.807, 2.05) is 0 Å². The summed E-state index contributed by atoms with van der Waals surface area (Å²) < 4.78 is 42.8. The van der Waals surface area contributed by atoms with Crippen molar-refractivity contribution in [2.75, 3.05) is 13.2 Å². The molecule has 0 aliphatic carbocycles. The maximum Gasteiger partial charge on any atom is 0.416 e. The van der Waals surface area contributed by atoms with Crippen LogP contribution < -0.4 is 20.9 Å². The van der Waals surface area contributed by atoms with Gasteiger partial charge in [-0.25, -0.2) is 0 Å². The van der Waals surface area contributed by atoms with Crippen molar-refractivity contribution in [2.45, 2.75) is 19.0 Å². The smallest absolute Gasteiger partial charge is 0.416 e. The van der Waals surface area contributed by atoms with Crippen LogP contribution in [0.2, 0.25) is 0 Å². The van der Waals surface area contributed by atoms with Gasteiger partial charge in [0.2, 0.25) is 5.91 Å². The van der Waals surface area contributed by atoms with Crippen LogP contribution in [-0.2, 0) is 15.8 Å². The van der Waals surface area contributed by atoms with E-state index in [9.17, 15) is 27.6 Å². The molecule has 0 aliphatic heterocycles. The Morgan fingerprint density at radius 2 is 1.83 bits per heavy atom. The van der Waals surface area contributed by atoms with Gasteiger partial charge >= 0.3 is 6.18 Å². The predicted octanol–water partition coefficient (Wildman–Crippen LogP) is 2.50. The summed E-state index contributed by atoms with van der Waals surface area (Å²) in [5.74, 6) is -1.57. The first-order valence-corrected chi connectivity index (χ1v) is 9.38. The highest BCUT2D eigenvalue weighted by atomic mass is 32.1. The number of halogens is 3. The molecule has 3 amide bonds. The van der Waals surface area contributed by atoms with Crippen LogP contribution in [0.4, 0.5) is 13.2 Å². The van der Waals surface area contributed by atoms with E-state index in [1.54, 1.807) is 16.8 Å². The van der Waals surface area contributed by atoms with Crippen LogP contribution in [0.1, 0.15) is 28.8 Å². The zero-order valence-corrected chi connectivity index (χ0v) is 15.9. The Balaban J connectivity index is 1.61. The van der Waals surface area contributed by atoms with E-state index in [4.69, 9.17) is 4.74 Å². The third kappa shape index (κ3) is 7.82. The van der Waals surface area contributed by atoms with Crippen LogP contribution >= 0.6 is 11.3 Å². The summed E-state index contributed by atoms with van der Waals surface area (Å²) in [4.78, 5) is 35.0. The Morgan fingerprint density at radius 1 is 1.07 bits per heavy atom. The number of thiophene rings is 1. The molecule has 1 aromatic heterocycles. The van der Waals surface area contributed by atoms with Crippen LogP contribution in [-0.4, -0.2) is 30.9 Å². The summed E-state index contributed by atoms with van der Waals surface area (Å²) >= 11 is 1.40. The van der Waals surface area contributed by atoms with E-state index >= 15 is 0 Å². The summed E-state index contributed by atoms with van der Waals surface area (Å²) in [6.07, 6.45) is -4.10. The van der Waals surface area contributed by atoms with Crippen molar-refractivity contribution in [3.05, 3.63) is 52.2 Å². The first kappa shape index (κ1) is 22.2. The molecule has 29 heavy (non-hydrogen) atoms. The lowest BCUT2D eigenvalue weighted by Gasteiger charge is -2.11. The third-order valence-corrected chi connectivity index (χ3v) is 4.21. The van der Waals surface area contributed by atoms with E-state index in [-0.39, 0.29) is 24.6 Å². The van der Waals surface area contributed by atoms with Gasteiger partial charge in [0.1, 0.15) is 5.75 Å². The lowest BCUT2D eigenvalue weighted by atomic mass is 10.2. The quantitative estimate of drug-likeness (QED) is 0.444. The fourth-order valence-corrected chi connectivity index (χ4v) is 2.73. The van der Waals surface area contributed by atoms with Crippen molar-refractivity contribution in [3.8, 4) is 5.75 Å². The monoisotopic (exact) mass is 429 g/mol. The first-order valence-electron chi connectivity index (χ1n) is 8.44. The van der Waals surface area contributed by atoms with E-state index in [0.717, 1.165) is 18.2 Å². The van der Waals surface area contributed by atoms with Gasteiger partial charge in [-0.05, 0) is 36.1 Å². The first-order chi connectivity index (χ1) is 13.8. The number of hydrogen-bond donors (Lipinski definition) is 3. The van der Waals surface area contributed by atoms with Gasteiger partial charge in [0.05, 0.1) is 5.56 Å². The number of ether oxygens (including phenoxy) is 1. The van der Waals surface area contributed by atoms with Crippen molar-refractivity contribution >= 4 is 29.1 Å². The summed E-state index contributed by atoms with van der Waals surface area (Å²) in [7, 11) is 0. The van der Waals surface area contributed by atoms with Gasteiger partial charge in [0.15, 0.2) is 6.61 Å². The molecule has 3 N–H and O–H groups in total. The lowest BCUT2D eigenvalue weighted by molar-refractivity contribution is -0.137. The predicted molar refractivity (Wildman–Crippen MR) is 99.1 cm³/mol. The number of nitrogens with one attached hydrogen (secondary N) is 3. The SMILES string of the molecule is O=C(CCCNC(=O)c1ccsc1)NNC(=O)COc1cccc(C(F)(F)F)c1. The second-order valence-electron chi connectivity index (χ2n) is 5.78. The molecule has 11 heteroatoms. The number of carbonyl (C=O) groups is 3. The number of alkyl halides is 3. The fourth-order valence-electron chi connectivity index (χ4n) is 2.10. The van der Waals surface area contributed by atoms with Crippen LogP contribution in [0.25, 0.3) is 0 Å². The number of amides is 3. The molecule has 156 valence electrons. The minimum Gasteiger partial charge on any atom is -0.484 e. The Hall–Kier alpha value is -3.08. The van der Waals surface area contributed by atoms with Crippen LogP contribution in [0.5, 0.6) is 5.75 Å². The molecule has 1 aromatic carbocycles. The number of hydrazine groups is 1. The number of carbonyl (C=O) groups excluding carboxylic acids is 3. The Kier molecular flexibility index (Phi) is 8.01. The normalized spacial score (nSPS) is 10.9. The number of rotatable bonds is 8. The molecule has 0 atom stereocenters. The van der Waals surface area contributed by atoms with Crippen LogP contribution in [0, 0.1) is 0 Å². The molecule has 2 rings (SSSR count). The van der Waals surface area contributed by atoms with Gasteiger partial charge in [-0.3, -0.25) is 25.2 Å². The Bertz CT molecular complexity index is 841. The minimum atomic E-state index is -4.52. The highest BCUT2D eigenvalue weighted by Gasteiger charge is 2.30. The second kappa shape index (κ2) is 10.5. The Morgan fingerprint density at radius 3 is 2.52 bits per heavy atom.